The number of likely N-dealkylation sites (tertiary alicyclic amines) is 1. The molecule has 6 nitrogen and oxygen atoms in total. The van der Waals surface area contributed by atoms with Crippen LogP contribution in [0.4, 0.5) is 11.5 Å². The van der Waals surface area contributed by atoms with Crippen LogP contribution in [0.3, 0.4) is 0 Å². The third-order valence-electron chi connectivity index (χ3n) is 3.56. The van der Waals surface area contributed by atoms with Crippen molar-refractivity contribution in [3.63, 3.8) is 0 Å². The summed E-state index contributed by atoms with van der Waals surface area (Å²) in [5, 5.41) is 19.9. The van der Waals surface area contributed by atoms with Crippen LogP contribution in [0.1, 0.15) is 28.9 Å². The molecule has 1 saturated heterocycles. The van der Waals surface area contributed by atoms with Crippen LogP contribution in [-0.2, 0) is 0 Å². The monoisotopic (exact) mass is 293 g/mol. The average Bonchev–Trinajstić information content (AvgIpc) is 3.10. The van der Waals surface area contributed by atoms with Crippen molar-refractivity contribution in [1.82, 2.24) is 15.1 Å². The highest BCUT2D eigenvalue weighted by molar-refractivity contribution is 5.92. The highest BCUT2D eigenvalue weighted by Gasteiger charge is 2.20. The molecule has 0 saturated carbocycles. The first-order valence-electron chi connectivity index (χ1n) is 7.16. The number of rotatable bonds is 3. The lowest BCUT2D eigenvalue weighted by Crippen LogP contribution is -2.28. The van der Waals surface area contributed by atoms with Crippen LogP contribution in [0, 0.1) is 11.3 Å². The van der Waals surface area contributed by atoms with Crippen LogP contribution in [0.25, 0.3) is 0 Å². The lowest BCUT2D eigenvalue weighted by Gasteiger charge is -2.14. The van der Waals surface area contributed by atoms with Crippen molar-refractivity contribution in [2.24, 2.45) is 0 Å². The third kappa shape index (κ3) is 3.04. The zero-order valence-corrected chi connectivity index (χ0v) is 12.0. The van der Waals surface area contributed by atoms with Crippen LogP contribution in [0.5, 0.6) is 0 Å². The van der Waals surface area contributed by atoms with Crippen LogP contribution in [0.2, 0.25) is 0 Å². The molecule has 2 aromatic rings. The van der Waals surface area contributed by atoms with Crippen molar-refractivity contribution >= 4 is 17.4 Å². The van der Waals surface area contributed by atoms with E-state index in [0.29, 0.717) is 17.1 Å². The van der Waals surface area contributed by atoms with E-state index in [1.165, 1.54) is 0 Å². The molecule has 1 aromatic heterocycles. The second-order valence-electron chi connectivity index (χ2n) is 5.12. The molecule has 0 radical (unpaired) electrons. The lowest BCUT2D eigenvalue weighted by atomic mass is 10.2. The first kappa shape index (κ1) is 14.0. The summed E-state index contributed by atoms with van der Waals surface area (Å²) in [6.45, 7) is 1.59. The quantitative estimate of drug-likeness (QED) is 0.939. The molecule has 6 heteroatoms. The van der Waals surface area contributed by atoms with Gasteiger partial charge in [-0.15, -0.1) is 10.2 Å². The molecule has 0 atom stereocenters. The van der Waals surface area contributed by atoms with Crippen molar-refractivity contribution in [2.75, 3.05) is 18.4 Å². The number of nitrogens with one attached hydrogen (secondary N) is 1. The number of nitriles is 1. The molecule has 0 aliphatic carbocycles. The summed E-state index contributed by atoms with van der Waals surface area (Å²) in [5.41, 5.74) is 1.78. The van der Waals surface area contributed by atoms with E-state index in [0.717, 1.165) is 31.6 Å². The molecule has 1 amide bonds. The Morgan fingerprint density at radius 3 is 2.41 bits per heavy atom. The molecule has 1 aliphatic heterocycles. The smallest absolute Gasteiger partial charge is 0.274 e. The van der Waals surface area contributed by atoms with E-state index in [-0.39, 0.29) is 5.91 Å². The first-order chi connectivity index (χ1) is 10.8. The molecule has 1 N–H and O–H groups in total. The second-order valence-corrected chi connectivity index (χ2v) is 5.12. The fourth-order valence-corrected chi connectivity index (χ4v) is 2.37. The van der Waals surface area contributed by atoms with Gasteiger partial charge in [-0.1, -0.05) is 0 Å². The number of aromatic nitrogens is 2. The minimum Gasteiger partial charge on any atom is -0.339 e. The lowest BCUT2D eigenvalue weighted by molar-refractivity contribution is 0.0786. The summed E-state index contributed by atoms with van der Waals surface area (Å²) in [6, 6.07) is 12.5. The summed E-state index contributed by atoms with van der Waals surface area (Å²) in [7, 11) is 0. The Morgan fingerprint density at radius 2 is 1.82 bits per heavy atom. The predicted octanol–water partition coefficient (Wildman–Crippen LogP) is 2.33. The highest BCUT2D eigenvalue weighted by atomic mass is 16.2. The van der Waals surface area contributed by atoms with Gasteiger partial charge >= 0.3 is 0 Å². The van der Waals surface area contributed by atoms with Crippen LogP contribution in [-0.4, -0.2) is 34.1 Å². The van der Waals surface area contributed by atoms with Crippen molar-refractivity contribution in [2.45, 2.75) is 12.8 Å². The molecule has 0 spiro atoms. The highest BCUT2D eigenvalue weighted by Crippen LogP contribution is 2.16. The number of carbonyl (C=O) groups is 1. The number of benzene rings is 1. The van der Waals surface area contributed by atoms with Gasteiger partial charge in [0.1, 0.15) is 0 Å². The number of carbonyl (C=O) groups excluding carboxylic acids is 1. The second kappa shape index (κ2) is 6.22. The van der Waals surface area contributed by atoms with Crippen molar-refractivity contribution in [3.05, 3.63) is 47.7 Å². The van der Waals surface area contributed by atoms with E-state index in [9.17, 15) is 4.79 Å². The van der Waals surface area contributed by atoms with Gasteiger partial charge in [0.15, 0.2) is 11.5 Å². The molecule has 1 aliphatic rings. The molecule has 0 bridgehead atoms. The SMILES string of the molecule is N#Cc1ccc(Nc2ccc(C(=O)N3CCCC3)nn2)cc1. The summed E-state index contributed by atoms with van der Waals surface area (Å²) in [5.74, 6) is 0.498. The first-order valence-corrected chi connectivity index (χ1v) is 7.16. The fraction of sp³-hybridized carbons (Fsp3) is 0.250. The van der Waals surface area contributed by atoms with Gasteiger partial charge in [0.05, 0.1) is 11.6 Å². The molecule has 1 aromatic carbocycles. The van der Waals surface area contributed by atoms with Gasteiger partial charge in [-0.05, 0) is 49.2 Å². The molecule has 1 fully saturated rings. The molecule has 3 rings (SSSR count). The van der Waals surface area contributed by atoms with Gasteiger partial charge in [0.25, 0.3) is 5.91 Å². The summed E-state index contributed by atoms with van der Waals surface area (Å²) < 4.78 is 0. The zero-order chi connectivity index (χ0) is 15.4. The molecule has 110 valence electrons. The van der Waals surface area contributed by atoms with Gasteiger partial charge in [0.2, 0.25) is 0 Å². The largest absolute Gasteiger partial charge is 0.339 e. The van der Waals surface area contributed by atoms with Gasteiger partial charge in [0, 0.05) is 18.8 Å². The van der Waals surface area contributed by atoms with Gasteiger partial charge in [-0.25, -0.2) is 0 Å². The number of nitrogens with zero attached hydrogens (tertiary/aromatic N) is 4. The normalized spacial score (nSPS) is 13.7. The van der Waals surface area contributed by atoms with E-state index >= 15 is 0 Å². The standard InChI is InChI=1S/C16H15N5O/c17-11-12-3-5-13(6-4-12)18-15-8-7-14(19-20-15)16(22)21-9-1-2-10-21/h3-8H,1-2,9-10H2,(H,18,20). The number of hydrogen-bond donors (Lipinski definition) is 1. The number of amides is 1. The Kier molecular flexibility index (Phi) is 3.97. The number of anilines is 2. The van der Waals surface area contributed by atoms with E-state index in [1.54, 1.807) is 41.3 Å². The van der Waals surface area contributed by atoms with Gasteiger partial charge < -0.3 is 10.2 Å². The van der Waals surface area contributed by atoms with Crippen LogP contribution < -0.4 is 5.32 Å². The minimum atomic E-state index is -0.0603. The average molecular weight is 293 g/mol. The van der Waals surface area contributed by atoms with Gasteiger partial charge in [-0.2, -0.15) is 5.26 Å². The van der Waals surface area contributed by atoms with Crippen LogP contribution in [0.15, 0.2) is 36.4 Å². The molecular formula is C16H15N5O. The van der Waals surface area contributed by atoms with Crippen molar-refractivity contribution in [3.8, 4) is 6.07 Å². The van der Waals surface area contributed by atoms with Gasteiger partial charge in [-0.3, -0.25) is 4.79 Å². The Hall–Kier alpha value is -2.94. The Balaban J connectivity index is 1.68. The molecule has 22 heavy (non-hydrogen) atoms. The van der Waals surface area contributed by atoms with E-state index in [4.69, 9.17) is 5.26 Å². The molecule has 0 unspecified atom stereocenters. The van der Waals surface area contributed by atoms with E-state index in [1.807, 2.05) is 0 Å². The van der Waals surface area contributed by atoms with E-state index in [2.05, 4.69) is 21.6 Å². The topological polar surface area (TPSA) is 81.9 Å². The Bertz CT molecular complexity index is 697. The Labute approximate surface area is 128 Å². The maximum absolute atomic E-state index is 12.2. The Morgan fingerprint density at radius 1 is 1.09 bits per heavy atom. The van der Waals surface area contributed by atoms with Crippen molar-refractivity contribution in [1.29, 1.82) is 5.26 Å². The summed E-state index contributed by atoms with van der Waals surface area (Å²) in [4.78, 5) is 14.0. The predicted molar refractivity (Wildman–Crippen MR) is 81.6 cm³/mol. The van der Waals surface area contributed by atoms with Crippen molar-refractivity contribution < 1.29 is 4.79 Å². The fourth-order valence-electron chi connectivity index (χ4n) is 2.37. The zero-order valence-electron chi connectivity index (χ0n) is 12.0. The molecule has 2 heterocycles. The summed E-state index contributed by atoms with van der Waals surface area (Å²) in [6.07, 6.45) is 2.11. The maximum Gasteiger partial charge on any atom is 0.274 e. The number of hydrogen-bond acceptors (Lipinski definition) is 5. The third-order valence-corrected chi connectivity index (χ3v) is 3.56. The summed E-state index contributed by atoms with van der Waals surface area (Å²) >= 11 is 0. The minimum absolute atomic E-state index is 0.0603. The maximum atomic E-state index is 12.2. The van der Waals surface area contributed by atoms with E-state index < -0.39 is 0 Å². The van der Waals surface area contributed by atoms with Crippen LogP contribution >= 0.6 is 0 Å². The molecular weight excluding hydrogens is 278 g/mol.